The Balaban J connectivity index is 1.91. The summed E-state index contributed by atoms with van der Waals surface area (Å²) in [6.45, 7) is 7.74. The molecule has 9 heteroatoms. The van der Waals surface area contributed by atoms with Crippen LogP contribution in [0.5, 0.6) is 11.5 Å². The van der Waals surface area contributed by atoms with Crippen molar-refractivity contribution in [3.8, 4) is 11.5 Å². The second-order valence-electron chi connectivity index (χ2n) is 7.82. The Morgan fingerprint density at radius 3 is 2.10 bits per heavy atom. The Bertz CT molecular complexity index is 702. The number of hydrogen-bond donors (Lipinski definition) is 2. The van der Waals surface area contributed by atoms with E-state index in [1.54, 1.807) is 37.3 Å². The van der Waals surface area contributed by atoms with E-state index in [1.807, 2.05) is 25.7 Å². The molecule has 1 aliphatic rings. The first-order valence-corrected chi connectivity index (χ1v) is 9.56. The van der Waals surface area contributed by atoms with E-state index in [9.17, 15) is 9.90 Å². The highest BCUT2D eigenvalue weighted by Gasteiger charge is 2.26. The lowest BCUT2D eigenvalue weighted by Crippen LogP contribution is -2.53. The molecule has 2 rings (SSSR count). The van der Waals surface area contributed by atoms with Gasteiger partial charge in [-0.1, -0.05) is 0 Å². The minimum atomic E-state index is -0.847. The number of carbonyl (C=O) groups excluding carboxylic acids is 1. The van der Waals surface area contributed by atoms with Gasteiger partial charge in [0.1, 0.15) is 17.1 Å². The Labute approximate surface area is 172 Å². The molecule has 1 aromatic rings. The predicted molar refractivity (Wildman–Crippen MR) is 110 cm³/mol. The van der Waals surface area contributed by atoms with Crippen molar-refractivity contribution in [3.05, 3.63) is 23.8 Å². The largest absolute Gasteiger partial charge is 0.497 e. The van der Waals surface area contributed by atoms with E-state index < -0.39 is 11.7 Å². The summed E-state index contributed by atoms with van der Waals surface area (Å²) in [6, 6.07) is 5.20. The molecule has 162 valence electrons. The summed E-state index contributed by atoms with van der Waals surface area (Å²) < 4.78 is 15.8. The number of aliphatic hydroxyl groups is 1. The first-order valence-electron chi connectivity index (χ1n) is 9.56. The summed E-state index contributed by atoms with van der Waals surface area (Å²) in [4.78, 5) is 20.0. The van der Waals surface area contributed by atoms with Gasteiger partial charge in [0.2, 0.25) is 0 Å². The molecule has 1 amide bonds. The molecule has 0 saturated carbocycles. The molecule has 1 atom stereocenters. The van der Waals surface area contributed by atoms with Gasteiger partial charge in [-0.25, -0.2) is 4.79 Å². The zero-order valence-corrected chi connectivity index (χ0v) is 17.8. The van der Waals surface area contributed by atoms with Gasteiger partial charge >= 0.3 is 6.09 Å². The van der Waals surface area contributed by atoms with Gasteiger partial charge in [0.15, 0.2) is 5.96 Å². The van der Waals surface area contributed by atoms with Crippen LogP contribution in [0.25, 0.3) is 0 Å². The fraction of sp³-hybridized carbons (Fsp3) is 0.600. The molecule has 1 fully saturated rings. The number of nitrogens with two attached hydrogens (primary N) is 1. The van der Waals surface area contributed by atoms with Gasteiger partial charge in [0, 0.05) is 32.2 Å². The number of guanidine groups is 1. The van der Waals surface area contributed by atoms with Crippen LogP contribution in [0, 0.1) is 0 Å². The maximum Gasteiger partial charge on any atom is 0.410 e. The summed E-state index contributed by atoms with van der Waals surface area (Å²) in [6.07, 6.45) is -1.17. The fourth-order valence-electron chi connectivity index (χ4n) is 2.85. The molecule has 9 nitrogen and oxygen atoms in total. The standard InChI is InChI=1S/C20H32N4O5/c1-20(2,3)29-19(26)24-8-6-23(7-9-24)18(21)22-13-17(25)14-10-15(27-4)12-16(11-14)28-5/h10-12,17,25H,6-9,13H2,1-5H3,(H2,21,22). The monoisotopic (exact) mass is 408 g/mol. The third kappa shape index (κ3) is 6.70. The number of hydrogen-bond acceptors (Lipinski definition) is 6. The SMILES string of the molecule is COc1cc(OC)cc(C(O)CN=C(N)N2CCN(C(=O)OC(C)(C)C)CC2)c1. The summed E-state index contributed by atoms with van der Waals surface area (Å²) >= 11 is 0. The smallest absolute Gasteiger partial charge is 0.410 e. The number of rotatable bonds is 5. The van der Waals surface area contributed by atoms with Gasteiger partial charge in [-0.15, -0.1) is 0 Å². The molecule has 1 unspecified atom stereocenters. The minimum absolute atomic E-state index is 0.106. The molecule has 1 saturated heterocycles. The average molecular weight is 408 g/mol. The number of aliphatic imine (C=N–C) groups is 1. The van der Waals surface area contributed by atoms with Crippen molar-refractivity contribution in [2.45, 2.75) is 32.5 Å². The number of amides is 1. The topological polar surface area (TPSA) is 110 Å². The van der Waals surface area contributed by atoms with Gasteiger partial charge in [0.25, 0.3) is 0 Å². The minimum Gasteiger partial charge on any atom is -0.497 e. The molecule has 1 aromatic carbocycles. The summed E-state index contributed by atoms with van der Waals surface area (Å²) in [5, 5.41) is 10.5. The summed E-state index contributed by atoms with van der Waals surface area (Å²) in [5.74, 6) is 1.52. The quantitative estimate of drug-likeness (QED) is 0.562. The zero-order valence-electron chi connectivity index (χ0n) is 17.8. The van der Waals surface area contributed by atoms with Crippen LogP contribution in [0.15, 0.2) is 23.2 Å². The molecule has 1 aliphatic heterocycles. The van der Waals surface area contributed by atoms with E-state index in [0.717, 1.165) is 0 Å². The van der Waals surface area contributed by atoms with Crippen molar-refractivity contribution >= 4 is 12.1 Å². The molecule has 0 aromatic heterocycles. The van der Waals surface area contributed by atoms with Crippen LogP contribution in [0.3, 0.4) is 0 Å². The Morgan fingerprint density at radius 2 is 1.62 bits per heavy atom. The summed E-state index contributed by atoms with van der Waals surface area (Å²) in [7, 11) is 3.11. The molecule has 1 heterocycles. The van der Waals surface area contributed by atoms with Gasteiger partial charge < -0.3 is 34.9 Å². The van der Waals surface area contributed by atoms with Crippen LogP contribution >= 0.6 is 0 Å². The van der Waals surface area contributed by atoms with Crippen LogP contribution in [0.1, 0.15) is 32.4 Å². The maximum absolute atomic E-state index is 12.1. The first kappa shape index (κ1) is 22.6. The van der Waals surface area contributed by atoms with E-state index in [2.05, 4.69) is 4.99 Å². The fourth-order valence-corrected chi connectivity index (χ4v) is 2.85. The lowest BCUT2D eigenvalue weighted by molar-refractivity contribution is 0.0186. The van der Waals surface area contributed by atoms with Crippen molar-refractivity contribution in [2.24, 2.45) is 10.7 Å². The van der Waals surface area contributed by atoms with Crippen LogP contribution in [-0.4, -0.2) is 79.5 Å². The number of carbonyl (C=O) groups is 1. The molecule has 0 spiro atoms. The Hall–Kier alpha value is -2.68. The van der Waals surface area contributed by atoms with Gasteiger partial charge in [-0.2, -0.15) is 0 Å². The normalized spacial score (nSPS) is 16.4. The number of aliphatic hydroxyl groups excluding tert-OH is 1. The van der Waals surface area contributed by atoms with Crippen molar-refractivity contribution in [3.63, 3.8) is 0 Å². The van der Waals surface area contributed by atoms with Crippen molar-refractivity contribution in [1.29, 1.82) is 0 Å². The second-order valence-corrected chi connectivity index (χ2v) is 7.82. The van der Waals surface area contributed by atoms with Crippen LogP contribution in [0.4, 0.5) is 4.79 Å². The Kier molecular flexibility index (Phi) is 7.55. The maximum atomic E-state index is 12.1. The molecular weight excluding hydrogens is 376 g/mol. The van der Waals surface area contributed by atoms with Crippen molar-refractivity contribution in [1.82, 2.24) is 9.80 Å². The number of piperazine rings is 1. The predicted octanol–water partition coefficient (Wildman–Crippen LogP) is 1.60. The average Bonchev–Trinajstić information content (AvgIpc) is 2.70. The zero-order chi connectivity index (χ0) is 21.6. The van der Waals surface area contributed by atoms with E-state index in [0.29, 0.717) is 49.2 Å². The third-order valence-electron chi connectivity index (χ3n) is 4.44. The highest BCUT2D eigenvalue weighted by Crippen LogP contribution is 2.26. The molecule has 3 N–H and O–H groups in total. The first-order chi connectivity index (χ1) is 13.6. The van der Waals surface area contributed by atoms with Gasteiger partial charge in [-0.3, -0.25) is 4.99 Å². The van der Waals surface area contributed by atoms with Crippen molar-refractivity contribution < 1.29 is 24.1 Å². The van der Waals surface area contributed by atoms with Crippen molar-refractivity contribution in [2.75, 3.05) is 46.9 Å². The Morgan fingerprint density at radius 1 is 1.10 bits per heavy atom. The highest BCUT2D eigenvalue weighted by molar-refractivity contribution is 5.78. The lowest BCUT2D eigenvalue weighted by atomic mass is 10.1. The van der Waals surface area contributed by atoms with E-state index in [-0.39, 0.29) is 12.6 Å². The third-order valence-corrected chi connectivity index (χ3v) is 4.44. The highest BCUT2D eigenvalue weighted by atomic mass is 16.6. The molecular formula is C20H32N4O5. The van der Waals surface area contributed by atoms with Crippen LogP contribution < -0.4 is 15.2 Å². The number of benzene rings is 1. The number of methoxy groups -OCH3 is 2. The van der Waals surface area contributed by atoms with E-state index >= 15 is 0 Å². The van der Waals surface area contributed by atoms with E-state index in [4.69, 9.17) is 19.9 Å². The van der Waals surface area contributed by atoms with Gasteiger partial charge in [0.05, 0.1) is 26.9 Å². The van der Waals surface area contributed by atoms with Gasteiger partial charge in [-0.05, 0) is 38.5 Å². The molecule has 0 radical (unpaired) electrons. The second kappa shape index (κ2) is 9.69. The molecule has 0 aliphatic carbocycles. The van der Waals surface area contributed by atoms with Crippen LogP contribution in [0.2, 0.25) is 0 Å². The number of ether oxygens (including phenoxy) is 3. The lowest BCUT2D eigenvalue weighted by Gasteiger charge is -2.36. The van der Waals surface area contributed by atoms with E-state index in [1.165, 1.54) is 0 Å². The molecule has 0 bridgehead atoms. The number of nitrogens with zero attached hydrogens (tertiary/aromatic N) is 3. The van der Waals surface area contributed by atoms with Crippen LogP contribution in [-0.2, 0) is 4.74 Å². The summed E-state index contributed by atoms with van der Waals surface area (Å²) in [5.41, 5.74) is 6.20. The molecule has 29 heavy (non-hydrogen) atoms.